The number of aromatic nitrogens is 3. The summed E-state index contributed by atoms with van der Waals surface area (Å²) in [6.07, 6.45) is 0. The fourth-order valence-electron chi connectivity index (χ4n) is 1.37. The Morgan fingerprint density at radius 3 is 2.81 bits per heavy atom. The summed E-state index contributed by atoms with van der Waals surface area (Å²) in [5.41, 5.74) is 5.55. The third-order valence-corrected chi connectivity index (χ3v) is 3.14. The molecule has 0 fully saturated rings. The van der Waals surface area contributed by atoms with Crippen LogP contribution in [0.5, 0.6) is 0 Å². The summed E-state index contributed by atoms with van der Waals surface area (Å²) >= 11 is 1.69. The van der Waals surface area contributed by atoms with Crippen molar-refractivity contribution < 1.29 is 0 Å². The third-order valence-electron chi connectivity index (χ3n) is 2.08. The predicted octanol–water partition coefficient (Wildman–Crippen LogP) is 2.00. The van der Waals surface area contributed by atoms with E-state index in [4.69, 9.17) is 5.73 Å². The van der Waals surface area contributed by atoms with Gasteiger partial charge in [-0.1, -0.05) is 6.07 Å². The van der Waals surface area contributed by atoms with E-state index in [1.54, 1.807) is 18.3 Å². The number of nitrogens with one attached hydrogen (secondary N) is 1. The molecule has 0 aromatic carbocycles. The average Bonchev–Trinajstić information content (AvgIpc) is 2.68. The lowest BCUT2D eigenvalue weighted by Crippen LogP contribution is -2.11. The van der Waals surface area contributed by atoms with Crippen molar-refractivity contribution in [2.75, 3.05) is 11.1 Å². The lowest BCUT2D eigenvalue weighted by Gasteiger charge is -2.12. The minimum absolute atomic E-state index is 0.168. The fraction of sp³-hybridized carbons (Fsp3) is 0.300. The molecule has 1 atom stereocenters. The molecule has 0 saturated carbocycles. The van der Waals surface area contributed by atoms with Crippen molar-refractivity contribution >= 4 is 23.2 Å². The van der Waals surface area contributed by atoms with E-state index in [1.807, 2.05) is 11.4 Å². The van der Waals surface area contributed by atoms with E-state index >= 15 is 0 Å². The first-order valence-corrected chi connectivity index (χ1v) is 5.81. The molecule has 0 aliphatic rings. The van der Waals surface area contributed by atoms with Crippen molar-refractivity contribution in [3.05, 3.63) is 28.2 Å². The van der Waals surface area contributed by atoms with Crippen LogP contribution in [0.15, 0.2) is 17.5 Å². The molecule has 0 saturated heterocycles. The first-order chi connectivity index (χ1) is 7.65. The lowest BCUT2D eigenvalue weighted by atomic mass is 10.3. The Labute approximate surface area is 97.8 Å². The van der Waals surface area contributed by atoms with Crippen molar-refractivity contribution in [3.8, 4) is 0 Å². The Morgan fingerprint density at radius 2 is 2.19 bits per heavy atom. The van der Waals surface area contributed by atoms with Gasteiger partial charge in [-0.15, -0.1) is 11.3 Å². The van der Waals surface area contributed by atoms with Crippen LogP contribution in [0, 0.1) is 6.92 Å². The van der Waals surface area contributed by atoms with Crippen LogP contribution in [0.3, 0.4) is 0 Å². The number of nitrogens with two attached hydrogens (primary N) is 1. The number of thiophene rings is 1. The van der Waals surface area contributed by atoms with Gasteiger partial charge in [0.25, 0.3) is 0 Å². The molecule has 5 nitrogen and oxygen atoms in total. The van der Waals surface area contributed by atoms with Crippen molar-refractivity contribution in [2.24, 2.45) is 0 Å². The Kier molecular flexibility index (Phi) is 3.00. The van der Waals surface area contributed by atoms with E-state index in [2.05, 4.69) is 33.3 Å². The Hall–Kier alpha value is -1.69. The molecule has 6 heteroatoms. The van der Waals surface area contributed by atoms with Crippen LogP contribution in [0.4, 0.5) is 11.9 Å². The van der Waals surface area contributed by atoms with Gasteiger partial charge in [-0.2, -0.15) is 15.0 Å². The summed E-state index contributed by atoms with van der Waals surface area (Å²) in [7, 11) is 0. The number of nitrogen functional groups attached to an aromatic ring is 1. The van der Waals surface area contributed by atoms with E-state index < -0.39 is 0 Å². The molecule has 1 unspecified atom stereocenters. The lowest BCUT2D eigenvalue weighted by molar-refractivity contribution is 0.864. The summed E-state index contributed by atoms with van der Waals surface area (Å²) < 4.78 is 0. The van der Waals surface area contributed by atoms with Gasteiger partial charge in [-0.05, 0) is 25.3 Å². The Bertz CT molecular complexity index is 448. The van der Waals surface area contributed by atoms with Gasteiger partial charge in [0.2, 0.25) is 11.9 Å². The van der Waals surface area contributed by atoms with Crippen LogP contribution in [0.1, 0.15) is 23.7 Å². The van der Waals surface area contributed by atoms with E-state index in [1.165, 1.54) is 4.88 Å². The molecule has 2 aromatic rings. The highest BCUT2D eigenvalue weighted by Crippen LogP contribution is 2.21. The Balaban J connectivity index is 2.15. The Morgan fingerprint density at radius 1 is 1.38 bits per heavy atom. The minimum Gasteiger partial charge on any atom is -0.368 e. The van der Waals surface area contributed by atoms with Gasteiger partial charge in [0.1, 0.15) is 5.82 Å². The molecule has 0 aliphatic carbocycles. The molecule has 3 N–H and O–H groups in total. The first kappa shape index (κ1) is 10.8. The molecule has 2 aromatic heterocycles. The second-order valence-corrected chi connectivity index (χ2v) is 4.43. The minimum atomic E-state index is 0.168. The maximum absolute atomic E-state index is 5.55. The zero-order valence-electron chi connectivity index (χ0n) is 9.14. The number of anilines is 2. The van der Waals surface area contributed by atoms with Crippen molar-refractivity contribution in [1.82, 2.24) is 15.0 Å². The van der Waals surface area contributed by atoms with Gasteiger partial charge >= 0.3 is 0 Å². The molecule has 84 valence electrons. The summed E-state index contributed by atoms with van der Waals surface area (Å²) in [6.45, 7) is 3.85. The zero-order valence-corrected chi connectivity index (χ0v) is 9.95. The molecular weight excluding hydrogens is 222 g/mol. The molecule has 0 spiro atoms. The summed E-state index contributed by atoms with van der Waals surface area (Å²) in [5.74, 6) is 1.38. The molecule has 2 heterocycles. The van der Waals surface area contributed by atoms with Gasteiger partial charge in [-0.25, -0.2) is 0 Å². The molecular formula is C10H13N5S. The summed E-state index contributed by atoms with van der Waals surface area (Å²) in [4.78, 5) is 13.4. The first-order valence-electron chi connectivity index (χ1n) is 4.93. The maximum Gasteiger partial charge on any atom is 0.228 e. The standard InChI is InChI=1S/C10H13N5S/c1-6(8-4-3-5-16-8)12-10-14-7(2)13-9(11)15-10/h3-6H,1-2H3,(H3,11,12,13,14,15). The van der Waals surface area contributed by atoms with Crippen molar-refractivity contribution in [1.29, 1.82) is 0 Å². The summed E-state index contributed by atoms with van der Waals surface area (Å²) in [5, 5.41) is 5.24. The highest BCUT2D eigenvalue weighted by atomic mass is 32.1. The monoisotopic (exact) mass is 235 g/mol. The molecule has 0 bridgehead atoms. The van der Waals surface area contributed by atoms with E-state index in [9.17, 15) is 0 Å². The van der Waals surface area contributed by atoms with Gasteiger partial charge in [0.15, 0.2) is 0 Å². The van der Waals surface area contributed by atoms with Crippen LogP contribution in [-0.4, -0.2) is 15.0 Å². The SMILES string of the molecule is Cc1nc(N)nc(NC(C)c2cccs2)n1. The van der Waals surface area contributed by atoms with Gasteiger partial charge in [0.05, 0.1) is 6.04 Å². The largest absolute Gasteiger partial charge is 0.368 e. The number of hydrogen-bond donors (Lipinski definition) is 2. The van der Waals surface area contributed by atoms with Crippen molar-refractivity contribution in [3.63, 3.8) is 0 Å². The normalized spacial score (nSPS) is 12.4. The molecule has 16 heavy (non-hydrogen) atoms. The van der Waals surface area contributed by atoms with Gasteiger partial charge < -0.3 is 11.1 Å². The zero-order chi connectivity index (χ0) is 11.5. The highest BCUT2D eigenvalue weighted by Gasteiger charge is 2.08. The van der Waals surface area contributed by atoms with Crippen molar-refractivity contribution in [2.45, 2.75) is 19.9 Å². The van der Waals surface area contributed by atoms with E-state index in [0.717, 1.165) is 0 Å². The summed E-state index contributed by atoms with van der Waals surface area (Å²) in [6, 6.07) is 4.26. The second kappa shape index (κ2) is 4.44. The van der Waals surface area contributed by atoms with E-state index in [-0.39, 0.29) is 12.0 Å². The maximum atomic E-state index is 5.55. The van der Waals surface area contributed by atoms with Crippen LogP contribution >= 0.6 is 11.3 Å². The molecule has 2 rings (SSSR count). The van der Waals surface area contributed by atoms with Crippen LogP contribution in [-0.2, 0) is 0 Å². The average molecular weight is 235 g/mol. The quantitative estimate of drug-likeness (QED) is 0.850. The number of aryl methyl sites for hydroxylation is 1. The van der Waals surface area contributed by atoms with E-state index in [0.29, 0.717) is 11.8 Å². The van der Waals surface area contributed by atoms with Crippen LogP contribution < -0.4 is 11.1 Å². The fourth-order valence-corrected chi connectivity index (χ4v) is 2.10. The molecule has 0 radical (unpaired) electrons. The smallest absolute Gasteiger partial charge is 0.228 e. The topological polar surface area (TPSA) is 76.7 Å². The predicted molar refractivity (Wildman–Crippen MR) is 65.3 cm³/mol. The number of nitrogens with zero attached hydrogens (tertiary/aromatic N) is 3. The number of hydrogen-bond acceptors (Lipinski definition) is 6. The second-order valence-electron chi connectivity index (χ2n) is 3.45. The van der Waals surface area contributed by atoms with Gasteiger partial charge in [-0.3, -0.25) is 0 Å². The van der Waals surface area contributed by atoms with Crippen LogP contribution in [0.25, 0.3) is 0 Å². The number of rotatable bonds is 3. The highest BCUT2D eigenvalue weighted by molar-refractivity contribution is 7.10. The molecule has 0 aliphatic heterocycles. The van der Waals surface area contributed by atoms with Crippen LogP contribution in [0.2, 0.25) is 0 Å². The third kappa shape index (κ3) is 2.46. The molecule has 0 amide bonds. The van der Waals surface area contributed by atoms with Gasteiger partial charge in [0, 0.05) is 4.88 Å².